The monoisotopic (exact) mass is 519 g/mol. The van der Waals surface area contributed by atoms with Crippen molar-refractivity contribution in [2.24, 2.45) is 11.3 Å². The number of nitrogens with zero attached hydrogens (tertiary/aromatic N) is 1. The summed E-state index contributed by atoms with van der Waals surface area (Å²) >= 11 is 19.1. The molecule has 0 N–H and O–H groups in total. The molecule has 1 heterocycles. The summed E-state index contributed by atoms with van der Waals surface area (Å²) in [6, 6.07) is 13.2. The number of rotatable bonds is 2. The molecule has 34 heavy (non-hydrogen) atoms. The first-order valence-corrected chi connectivity index (χ1v) is 12.4. The van der Waals surface area contributed by atoms with Gasteiger partial charge in [0.25, 0.3) is 0 Å². The van der Waals surface area contributed by atoms with Crippen LogP contribution in [0.5, 0.6) is 0 Å². The summed E-state index contributed by atoms with van der Waals surface area (Å²) in [6.07, 6.45) is 1.39. The SMILES string of the molecule is CC1=C[C@@]2(C)C(=O)N(C(=O)OC(C)(C)C)C[C@H]2[C@@H](c2ccc(Cl)cc2)[C@@H]1c1ccc(Cl)cc1Cl. The fraction of sp³-hybridized carbons (Fsp3) is 0.407. The highest BCUT2D eigenvalue weighted by Gasteiger charge is 2.58. The van der Waals surface area contributed by atoms with Crippen molar-refractivity contribution >= 4 is 46.8 Å². The Morgan fingerprint density at radius 2 is 1.68 bits per heavy atom. The summed E-state index contributed by atoms with van der Waals surface area (Å²) < 4.78 is 5.56. The molecule has 180 valence electrons. The van der Waals surface area contributed by atoms with Crippen LogP contribution in [0.25, 0.3) is 0 Å². The number of carbonyl (C=O) groups excluding carboxylic acids is 2. The normalized spacial score (nSPS) is 26.8. The first-order chi connectivity index (χ1) is 15.8. The molecule has 2 aromatic carbocycles. The lowest BCUT2D eigenvalue weighted by atomic mass is 9.58. The minimum atomic E-state index is -0.860. The molecular weight excluding hydrogens is 493 g/mol. The Bertz CT molecular complexity index is 1170. The molecule has 0 aromatic heterocycles. The molecule has 2 aliphatic rings. The van der Waals surface area contributed by atoms with E-state index >= 15 is 0 Å². The van der Waals surface area contributed by atoms with Crippen LogP contribution in [0.3, 0.4) is 0 Å². The molecular formula is C27H28Cl3NO3. The third-order valence-corrected chi connectivity index (χ3v) is 7.65. The number of hydrogen-bond acceptors (Lipinski definition) is 3. The highest BCUT2D eigenvalue weighted by molar-refractivity contribution is 6.35. The van der Waals surface area contributed by atoms with Gasteiger partial charge in [-0.25, -0.2) is 9.69 Å². The molecule has 0 saturated carbocycles. The Balaban J connectivity index is 1.86. The number of ether oxygens (including phenoxy) is 1. The van der Waals surface area contributed by atoms with Crippen molar-refractivity contribution in [1.82, 2.24) is 4.90 Å². The van der Waals surface area contributed by atoms with Crippen molar-refractivity contribution in [3.8, 4) is 0 Å². The quantitative estimate of drug-likeness (QED) is 0.378. The summed E-state index contributed by atoms with van der Waals surface area (Å²) in [4.78, 5) is 27.9. The zero-order valence-electron chi connectivity index (χ0n) is 19.9. The zero-order valence-corrected chi connectivity index (χ0v) is 22.1. The van der Waals surface area contributed by atoms with Crippen LogP contribution in [0.1, 0.15) is 57.6 Å². The number of hydrogen-bond donors (Lipinski definition) is 0. The van der Waals surface area contributed by atoms with Gasteiger partial charge in [0.15, 0.2) is 0 Å². The number of halogens is 3. The summed E-state index contributed by atoms with van der Waals surface area (Å²) in [6.45, 7) is 9.56. The summed E-state index contributed by atoms with van der Waals surface area (Å²) in [5.74, 6) is -0.655. The number of imide groups is 1. The molecule has 1 saturated heterocycles. The number of fused-ring (bicyclic) bond motifs is 1. The minimum absolute atomic E-state index is 0.101. The lowest BCUT2D eigenvalue weighted by molar-refractivity contribution is -0.133. The number of benzene rings is 2. The van der Waals surface area contributed by atoms with Crippen molar-refractivity contribution in [2.45, 2.75) is 52.1 Å². The third kappa shape index (κ3) is 4.48. The van der Waals surface area contributed by atoms with Crippen LogP contribution in [0.2, 0.25) is 15.1 Å². The molecule has 1 aliphatic carbocycles. The van der Waals surface area contributed by atoms with Gasteiger partial charge < -0.3 is 4.74 Å². The smallest absolute Gasteiger partial charge is 0.417 e. The van der Waals surface area contributed by atoms with Crippen LogP contribution < -0.4 is 0 Å². The van der Waals surface area contributed by atoms with E-state index in [0.717, 1.165) is 16.7 Å². The number of likely N-dealkylation sites (tertiary alicyclic amines) is 1. The fourth-order valence-corrected chi connectivity index (χ4v) is 6.08. The van der Waals surface area contributed by atoms with Gasteiger partial charge in [-0.1, -0.05) is 64.7 Å². The lowest BCUT2D eigenvalue weighted by Gasteiger charge is -2.43. The average Bonchev–Trinajstić information content (AvgIpc) is 2.98. The van der Waals surface area contributed by atoms with Gasteiger partial charge in [-0.15, -0.1) is 0 Å². The van der Waals surface area contributed by atoms with E-state index in [9.17, 15) is 9.59 Å². The Labute approximate surface area is 215 Å². The van der Waals surface area contributed by atoms with Crippen molar-refractivity contribution in [3.63, 3.8) is 0 Å². The Morgan fingerprint density at radius 1 is 1.06 bits per heavy atom. The molecule has 0 bridgehead atoms. The van der Waals surface area contributed by atoms with Crippen LogP contribution in [0.15, 0.2) is 54.1 Å². The molecule has 2 amide bonds. The van der Waals surface area contributed by atoms with Crippen LogP contribution >= 0.6 is 34.8 Å². The van der Waals surface area contributed by atoms with Crippen LogP contribution in [-0.4, -0.2) is 29.0 Å². The predicted molar refractivity (Wildman–Crippen MR) is 137 cm³/mol. The Hall–Kier alpha value is -2.01. The Kier molecular flexibility index (Phi) is 6.56. The predicted octanol–water partition coefficient (Wildman–Crippen LogP) is 7.87. The molecule has 1 fully saturated rings. The standard InChI is InChI=1S/C27H28Cl3NO3/c1-15-13-27(5)20(14-31(24(27)32)25(33)34-26(2,3)4)23(16-6-8-17(28)9-7-16)22(15)19-11-10-18(29)12-21(19)30/h6-13,20,22-23H,14H2,1-5H3/t20-,22-,23+,27+/m0/s1. The largest absolute Gasteiger partial charge is 0.443 e. The second kappa shape index (κ2) is 8.89. The van der Waals surface area contributed by atoms with Gasteiger partial charge >= 0.3 is 6.09 Å². The molecule has 7 heteroatoms. The van der Waals surface area contributed by atoms with E-state index < -0.39 is 17.1 Å². The first-order valence-electron chi connectivity index (χ1n) is 11.3. The molecule has 4 rings (SSSR count). The second-order valence-corrected chi connectivity index (χ2v) is 11.7. The van der Waals surface area contributed by atoms with E-state index in [-0.39, 0.29) is 30.2 Å². The fourth-order valence-electron chi connectivity index (χ4n) is 5.43. The Morgan fingerprint density at radius 3 is 2.26 bits per heavy atom. The number of allylic oxidation sites excluding steroid dienone is 1. The maximum Gasteiger partial charge on any atom is 0.417 e. The zero-order chi connectivity index (χ0) is 25.0. The van der Waals surface area contributed by atoms with Crippen LogP contribution in [-0.2, 0) is 9.53 Å². The highest BCUT2D eigenvalue weighted by atomic mass is 35.5. The molecule has 4 atom stereocenters. The molecule has 4 nitrogen and oxygen atoms in total. The molecule has 0 unspecified atom stereocenters. The van der Waals surface area contributed by atoms with Crippen LogP contribution in [0, 0.1) is 11.3 Å². The van der Waals surface area contributed by atoms with Gasteiger partial charge in [0.2, 0.25) is 5.91 Å². The van der Waals surface area contributed by atoms with Gasteiger partial charge in [0.1, 0.15) is 5.60 Å². The third-order valence-electron chi connectivity index (χ3n) is 6.83. The number of carbonyl (C=O) groups is 2. The molecule has 2 aromatic rings. The lowest BCUT2D eigenvalue weighted by Crippen LogP contribution is -2.41. The second-order valence-electron chi connectivity index (χ2n) is 10.4. The van der Waals surface area contributed by atoms with Gasteiger partial charge in [0.05, 0.1) is 5.41 Å². The van der Waals surface area contributed by atoms with E-state index in [1.165, 1.54) is 4.90 Å². The molecule has 1 aliphatic heterocycles. The van der Waals surface area contributed by atoms with Gasteiger partial charge in [-0.3, -0.25) is 4.79 Å². The molecule has 0 radical (unpaired) electrons. The number of amides is 2. The van der Waals surface area contributed by atoms with E-state index in [2.05, 4.69) is 0 Å². The van der Waals surface area contributed by atoms with Crippen molar-refractivity contribution in [3.05, 3.63) is 80.3 Å². The van der Waals surface area contributed by atoms with E-state index in [4.69, 9.17) is 39.5 Å². The topological polar surface area (TPSA) is 46.6 Å². The van der Waals surface area contributed by atoms with Crippen LogP contribution in [0.4, 0.5) is 4.79 Å². The average molecular weight is 521 g/mol. The van der Waals surface area contributed by atoms with Gasteiger partial charge in [-0.05, 0) is 70.0 Å². The first kappa shape index (κ1) is 25.1. The summed E-state index contributed by atoms with van der Waals surface area (Å²) in [7, 11) is 0. The van der Waals surface area contributed by atoms with Gasteiger partial charge in [-0.2, -0.15) is 0 Å². The minimum Gasteiger partial charge on any atom is -0.443 e. The maximum absolute atomic E-state index is 13.6. The van der Waals surface area contributed by atoms with E-state index in [1.807, 2.05) is 56.3 Å². The maximum atomic E-state index is 13.6. The van der Waals surface area contributed by atoms with Gasteiger partial charge in [0, 0.05) is 39.4 Å². The highest BCUT2D eigenvalue weighted by Crippen LogP contribution is 2.58. The molecule has 0 spiro atoms. The summed E-state index contributed by atoms with van der Waals surface area (Å²) in [5, 5.41) is 1.76. The van der Waals surface area contributed by atoms with Crippen molar-refractivity contribution in [1.29, 1.82) is 0 Å². The summed E-state index contributed by atoms with van der Waals surface area (Å²) in [5.41, 5.74) is 1.42. The van der Waals surface area contributed by atoms with Crippen molar-refractivity contribution in [2.75, 3.05) is 6.54 Å². The van der Waals surface area contributed by atoms with E-state index in [0.29, 0.717) is 15.1 Å². The van der Waals surface area contributed by atoms with Crippen molar-refractivity contribution < 1.29 is 14.3 Å². The van der Waals surface area contributed by atoms with E-state index in [1.54, 1.807) is 26.8 Å².